The van der Waals surface area contributed by atoms with Crippen molar-refractivity contribution < 1.29 is 14.9 Å². The molecule has 5 atom stereocenters. The van der Waals surface area contributed by atoms with Gasteiger partial charge in [0.2, 0.25) is 0 Å². The summed E-state index contributed by atoms with van der Waals surface area (Å²) in [6, 6.07) is 0. The highest BCUT2D eigenvalue weighted by Crippen LogP contribution is 2.28. The molecule has 1 aliphatic rings. The monoisotopic (exact) mass is 160 g/mol. The zero-order valence-electron chi connectivity index (χ0n) is 7.19. The van der Waals surface area contributed by atoms with Crippen molar-refractivity contribution in [2.24, 2.45) is 5.92 Å². The Hall–Kier alpha value is -0.120. The van der Waals surface area contributed by atoms with Gasteiger partial charge >= 0.3 is 0 Å². The Morgan fingerprint density at radius 3 is 2.00 bits per heavy atom. The average molecular weight is 160 g/mol. The first-order chi connectivity index (χ1) is 5.04. The van der Waals surface area contributed by atoms with Crippen LogP contribution in [0.3, 0.4) is 0 Å². The van der Waals surface area contributed by atoms with Gasteiger partial charge in [-0.05, 0) is 20.8 Å². The normalized spacial score (nSPS) is 47.7. The van der Waals surface area contributed by atoms with Crippen LogP contribution in [0.1, 0.15) is 20.8 Å². The van der Waals surface area contributed by atoms with Crippen LogP contribution >= 0.6 is 0 Å². The molecule has 0 bridgehead atoms. The number of hydrogen-bond donors (Lipinski definition) is 2. The number of ether oxygens (including phenoxy) is 1. The third kappa shape index (κ3) is 1.55. The van der Waals surface area contributed by atoms with Crippen molar-refractivity contribution in [3.8, 4) is 0 Å². The molecule has 1 fully saturated rings. The Balaban J connectivity index is 2.63. The molecule has 1 saturated heterocycles. The van der Waals surface area contributed by atoms with Gasteiger partial charge in [0, 0.05) is 5.92 Å². The Kier molecular flexibility index (Phi) is 2.52. The fourth-order valence-corrected chi connectivity index (χ4v) is 1.78. The zero-order chi connectivity index (χ0) is 8.59. The summed E-state index contributed by atoms with van der Waals surface area (Å²) in [5.41, 5.74) is 0. The summed E-state index contributed by atoms with van der Waals surface area (Å²) in [5, 5.41) is 18.8. The maximum Gasteiger partial charge on any atom is 0.0876 e. The second-order valence-electron chi connectivity index (χ2n) is 3.35. The second kappa shape index (κ2) is 3.09. The van der Waals surface area contributed by atoms with Crippen molar-refractivity contribution >= 4 is 0 Å². The molecule has 0 saturated carbocycles. The van der Waals surface area contributed by atoms with Crippen LogP contribution in [0.25, 0.3) is 0 Å². The fraction of sp³-hybridized carbons (Fsp3) is 1.00. The summed E-state index contributed by atoms with van der Waals surface area (Å²) >= 11 is 0. The van der Waals surface area contributed by atoms with Crippen molar-refractivity contribution in [3.05, 3.63) is 0 Å². The molecule has 0 aromatic rings. The Labute approximate surface area is 67.0 Å². The maximum absolute atomic E-state index is 9.51. The third-order valence-corrected chi connectivity index (χ3v) is 2.40. The molecule has 66 valence electrons. The van der Waals surface area contributed by atoms with Crippen molar-refractivity contribution in [2.45, 2.75) is 45.2 Å². The molecule has 4 unspecified atom stereocenters. The van der Waals surface area contributed by atoms with E-state index in [9.17, 15) is 10.2 Å². The predicted octanol–water partition coefficient (Wildman–Crippen LogP) is 0.151. The molecule has 3 nitrogen and oxygen atoms in total. The van der Waals surface area contributed by atoms with Crippen LogP contribution in [0.5, 0.6) is 0 Å². The molecule has 0 spiro atoms. The first-order valence-corrected chi connectivity index (χ1v) is 4.05. The van der Waals surface area contributed by atoms with Gasteiger partial charge in [-0.1, -0.05) is 0 Å². The van der Waals surface area contributed by atoms with E-state index in [0.717, 1.165) is 0 Å². The highest BCUT2D eigenvalue weighted by molar-refractivity contribution is 4.88. The summed E-state index contributed by atoms with van der Waals surface area (Å²) in [7, 11) is 0. The van der Waals surface area contributed by atoms with Crippen molar-refractivity contribution in [1.29, 1.82) is 0 Å². The number of aliphatic hydroxyl groups is 2. The third-order valence-electron chi connectivity index (χ3n) is 2.40. The molecular formula is C8H16O3. The van der Waals surface area contributed by atoms with Crippen LogP contribution in [0.4, 0.5) is 0 Å². The minimum Gasteiger partial charge on any atom is -0.393 e. The molecule has 1 heterocycles. The summed E-state index contributed by atoms with van der Waals surface area (Å²) in [5.74, 6) is -0.134. The van der Waals surface area contributed by atoms with E-state index in [-0.39, 0.29) is 18.1 Å². The largest absolute Gasteiger partial charge is 0.393 e. The van der Waals surface area contributed by atoms with Crippen molar-refractivity contribution in [1.82, 2.24) is 0 Å². The van der Waals surface area contributed by atoms with Crippen molar-refractivity contribution in [2.75, 3.05) is 0 Å². The van der Waals surface area contributed by atoms with Crippen LogP contribution in [0.15, 0.2) is 0 Å². The van der Waals surface area contributed by atoms with E-state index < -0.39 is 12.2 Å². The molecule has 11 heavy (non-hydrogen) atoms. The minimum atomic E-state index is -0.523. The topological polar surface area (TPSA) is 49.7 Å². The minimum absolute atomic E-state index is 0.0417. The molecule has 1 aliphatic heterocycles. The van der Waals surface area contributed by atoms with Crippen LogP contribution in [0.2, 0.25) is 0 Å². The van der Waals surface area contributed by atoms with E-state index >= 15 is 0 Å². The van der Waals surface area contributed by atoms with E-state index in [0.29, 0.717) is 0 Å². The van der Waals surface area contributed by atoms with Gasteiger partial charge in [0.05, 0.1) is 24.4 Å². The number of rotatable bonds is 1. The highest BCUT2D eigenvalue weighted by atomic mass is 16.5. The van der Waals surface area contributed by atoms with E-state index in [1.807, 2.05) is 13.8 Å². The average Bonchev–Trinajstić information content (AvgIpc) is 2.07. The quantitative estimate of drug-likeness (QED) is 0.574. The molecule has 0 aliphatic carbocycles. The maximum atomic E-state index is 9.51. The molecule has 3 heteroatoms. The van der Waals surface area contributed by atoms with Crippen LogP contribution in [0, 0.1) is 5.92 Å². The van der Waals surface area contributed by atoms with Gasteiger partial charge in [-0.2, -0.15) is 0 Å². The summed E-state index contributed by atoms with van der Waals surface area (Å²) in [6.45, 7) is 5.39. The molecule has 2 N–H and O–H groups in total. The van der Waals surface area contributed by atoms with Gasteiger partial charge in [-0.3, -0.25) is 0 Å². The van der Waals surface area contributed by atoms with Crippen LogP contribution < -0.4 is 0 Å². The van der Waals surface area contributed by atoms with Gasteiger partial charge in [0.15, 0.2) is 0 Å². The first kappa shape index (κ1) is 8.97. The fourth-order valence-electron chi connectivity index (χ4n) is 1.78. The standard InChI is InChI=1S/C8H16O3/c1-4(9)7-5(2)11-6(3)8(7)10/h4-10H,1-3H3/t4?,5-,6?,7?,8?/m1/s1. The summed E-state index contributed by atoms with van der Waals surface area (Å²) in [4.78, 5) is 0. The zero-order valence-corrected chi connectivity index (χ0v) is 7.19. The van der Waals surface area contributed by atoms with Crippen molar-refractivity contribution in [3.63, 3.8) is 0 Å². The molecule has 0 aromatic heterocycles. The molecule has 0 radical (unpaired) electrons. The first-order valence-electron chi connectivity index (χ1n) is 4.05. The lowest BCUT2D eigenvalue weighted by molar-refractivity contribution is 0.0283. The molecular weight excluding hydrogens is 144 g/mol. The van der Waals surface area contributed by atoms with Crippen LogP contribution in [-0.2, 0) is 4.74 Å². The molecule has 1 rings (SSSR count). The van der Waals surface area contributed by atoms with Gasteiger partial charge in [0.25, 0.3) is 0 Å². The smallest absolute Gasteiger partial charge is 0.0876 e. The van der Waals surface area contributed by atoms with Gasteiger partial charge in [0.1, 0.15) is 0 Å². The Morgan fingerprint density at radius 1 is 1.27 bits per heavy atom. The van der Waals surface area contributed by atoms with Gasteiger partial charge in [-0.15, -0.1) is 0 Å². The lowest BCUT2D eigenvalue weighted by atomic mass is 9.92. The summed E-state index contributed by atoms with van der Waals surface area (Å²) in [6.07, 6.45) is -1.21. The SMILES string of the molecule is CC(O)C1C(O)C(C)O[C@@H]1C. The predicted molar refractivity (Wildman–Crippen MR) is 41.2 cm³/mol. The van der Waals surface area contributed by atoms with Gasteiger partial charge < -0.3 is 14.9 Å². The highest BCUT2D eigenvalue weighted by Gasteiger charge is 2.41. The van der Waals surface area contributed by atoms with E-state index in [1.54, 1.807) is 6.92 Å². The Bertz CT molecular complexity index is 135. The Morgan fingerprint density at radius 2 is 1.82 bits per heavy atom. The summed E-state index contributed by atoms with van der Waals surface area (Å²) < 4.78 is 5.34. The molecule has 0 aromatic carbocycles. The van der Waals surface area contributed by atoms with Gasteiger partial charge in [-0.25, -0.2) is 0 Å². The number of hydrogen-bond acceptors (Lipinski definition) is 3. The second-order valence-corrected chi connectivity index (χ2v) is 3.35. The lowest BCUT2D eigenvalue weighted by Gasteiger charge is -2.19. The van der Waals surface area contributed by atoms with E-state index in [1.165, 1.54) is 0 Å². The molecule has 0 amide bonds. The van der Waals surface area contributed by atoms with E-state index in [2.05, 4.69) is 0 Å². The number of aliphatic hydroxyl groups excluding tert-OH is 2. The van der Waals surface area contributed by atoms with E-state index in [4.69, 9.17) is 4.74 Å². The van der Waals surface area contributed by atoms with Crippen LogP contribution in [-0.4, -0.2) is 34.6 Å². The lowest BCUT2D eigenvalue weighted by Crippen LogP contribution is -2.33.